The lowest BCUT2D eigenvalue weighted by Crippen LogP contribution is -2.56. The Bertz CT molecular complexity index is 697. The van der Waals surface area contributed by atoms with Crippen molar-refractivity contribution in [3.63, 3.8) is 0 Å². The molecule has 1 rings (SSSR count). The van der Waals surface area contributed by atoms with E-state index >= 15 is 0 Å². The smallest absolute Gasteiger partial charge is 0.335 e. The number of nitrogens with one attached hydrogen (secondary N) is 3. The second kappa shape index (κ2) is 13.9. The first-order valence-corrected chi connectivity index (χ1v) is 11.4. The van der Waals surface area contributed by atoms with Crippen molar-refractivity contribution in [1.29, 1.82) is 0 Å². The highest BCUT2D eigenvalue weighted by molar-refractivity contribution is 7.80. The lowest BCUT2D eigenvalue weighted by Gasteiger charge is -2.27. The number of amides is 1. The third-order valence-corrected chi connectivity index (χ3v) is 5.18. The highest BCUT2D eigenvalue weighted by Gasteiger charge is 2.34. The zero-order chi connectivity index (χ0) is 22.6. The molecule has 0 aliphatic carbocycles. The second-order valence-corrected chi connectivity index (χ2v) is 9.67. The van der Waals surface area contributed by atoms with Gasteiger partial charge in [-0.1, -0.05) is 80.3 Å². The minimum atomic E-state index is -1.82. The predicted molar refractivity (Wildman–Crippen MR) is 128 cm³/mol. The van der Waals surface area contributed by atoms with E-state index in [9.17, 15) is 9.59 Å². The van der Waals surface area contributed by atoms with E-state index < -0.39 is 15.9 Å². The largest absolute Gasteiger partial charge is 0.478 e. The first-order chi connectivity index (χ1) is 14.1. The number of rotatable bonds is 12. The second-order valence-electron chi connectivity index (χ2n) is 6.89. The molecule has 10 heteroatoms. The molecule has 0 aliphatic rings. The fourth-order valence-electron chi connectivity index (χ4n) is 2.67. The SMILES string of the molecule is CCCCCCCCCC(=O)N[C@H](NC(=S)Nc1ccc(C(=O)O)cc1)C(Cl)(Cl)Cl. The van der Waals surface area contributed by atoms with E-state index in [1.807, 2.05) is 0 Å². The average molecular weight is 497 g/mol. The van der Waals surface area contributed by atoms with Crippen molar-refractivity contribution in [1.82, 2.24) is 10.6 Å². The minimum absolute atomic E-state index is 0.116. The maximum atomic E-state index is 12.2. The van der Waals surface area contributed by atoms with E-state index in [0.717, 1.165) is 19.3 Å². The zero-order valence-corrected chi connectivity index (χ0v) is 19.9. The maximum absolute atomic E-state index is 12.2. The van der Waals surface area contributed by atoms with E-state index in [-0.39, 0.29) is 16.6 Å². The number of aromatic carboxylic acids is 1. The number of halogens is 3. The van der Waals surface area contributed by atoms with Gasteiger partial charge in [-0.15, -0.1) is 0 Å². The van der Waals surface area contributed by atoms with Gasteiger partial charge >= 0.3 is 5.97 Å². The quantitative estimate of drug-likeness (QED) is 0.130. The Balaban J connectivity index is 2.48. The topological polar surface area (TPSA) is 90.5 Å². The molecule has 0 saturated carbocycles. The van der Waals surface area contributed by atoms with Gasteiger partial charge in [0.1, 0.15) is 6.17 Å². The normalized spacial score (nSPS) is 12.1. The van der Waals surface area contributed by atoms with Crippen molar-refractivity contribution in [2.45, 2.75) is 68.2 Å². The van der Waals surface area contributed by atoms with Crippen LogP contribution in [-0.4, -0.2) is 32.1 Å². The first kappa shape index (κ1) is 26.8. The van der Waals surface area contributed by atoms with Crippen LogP contribution in [0.25, 0.3) is 0 Å². The Hall–Kier alpha value is -1.28. The number of carboxylic acids is 1. The molecule has 0 heterocycles. The summed E-state index contributed by atoms with van der Waals surface area (Å²) in [4.78, 5) is 23.1. The molecular weight excluding hydrogens is 469 g/mol. The number of benzene rings is 1. The summed E-state index contributed by atoms with van der Waals surface area (Å²) in [6, 6.07) is 5.98. The van der Waals surface area contributed by atoms with Crippen LogP contribution in [0.4, 0.5) is 5.69 Å². The maximum Gasteiger partial charge on any atom is 0.335 e. The lowest BCUT2D eigenvalue weighted by molar-refractivity contribution is -0.122. The van der Waals surface area contributed by atoms with Crippen LogP contribution >= 0.6 is 47.0 Å². The summed E-state index contributed by atoms with van der Waals surface area (Å²) in [5, 5.41) is 17.3. The van der Waals surface area contributed by atoms with Gasteiger partial charge in [0, 0.05) is 12.1 Å². The van der Waals surface area contributed by atoms with Crippen LogP contribution in [0, 0.1) is 0 Å². The van der Waals surface area contributed by atoms with Crippen molar-refractivity contribution >= 4 is 69.7 Å². The highest BCUT2D eigenvalue weighted by Crippen LogP contribution is 2.29. The summed E-state index contributed by atoms with van der Waals surface area (Å²) in [5.41, 5.74) is 0.700. The number of hydrogen-bond donors (Lipinski definition) is 4. The van der Waals surface area contributed by atoms with Crippen molar-refractivity contribution in [2.75, 3.05) is 5.32 Å². The van der Waals surface area contributed by atoms with E-state index in [1.54, 1.807) is 12.1 Å². The molecule has 0 fully saturated rings. The molecule has 168 valence electrons. The Morgan fingerprint density at radius 1 is 1.00 bits per heavy atom. The van der Waals surface area contributed by atoms with Crippen LogP contribution in [-0.2, 0) is 4.79 Å². The van der Waals surface area contributed by atoms with Gasteiger partial charge in [0.25, 0.3) is 0 Å². The Kier molecular flexibility index (Phi) is 12.4. The van der Waals surface area contributed by atoms with Crippen LogP contribution in [0.2, 0.25) is 0 Å². The third kappa shape index (κ3) is 11.2. The molecule has 0 spiro atoms. The number of thiocarbonyl (C=S) groups is 1. The number of anilines is 1. The van der Waals surface area contributed by atoms with Crippen molar-refractivity contribution in [2.24, 2.45) is 0 Å². The van der Waals surface area contributed by atoms with Crippen LogP contribution in [0.3, 0.4) is 0 Å². The van der Waals surface area contributed by atoms with Crippen LogP contribution in [0.5, 0.6) is 0 Å². The van der Waals surface area contributed by atoms with Crippen LogP contribution in [0.15, 0.2) is 24.3 Å². The predicted octanol–water partition coefficient (Wildman–Crippen LogP) is 5.62. The fourth-order valence-corrected chi connectivity index (χ4v) is 3.23. The van der Waals surface area contributed by atoms with Gasteiger partial charge in [0.15, 0.2) is 5.11 Å². The van der Waals surface area contributed by atoms with E-state index in [2.05, 4.69) is 22.9 Å². The molecule has 0 unspecified atom stereocenters. The van der Waals surface area contributed by atoms with E-state index in [1.165, 1.54) is 37.8 Å². The average Bonchev–Trinajstić information content (AvgIpc) is 2.66. The summed E-state index contributed by atoms with van der Waals surface area (Å²) >= 11 is 23.1. The molecule has 0 radical (unpaired) electrons. The van der Waals surface area contributed by atoms with E-state index in [4.69, 9.17) is 52.1 Å². The third-order valence-electron chi connectivity index (χ3n) is 4.31. The summed E-state index contributed by atoms with van der Waals surface area (Å²) in [7, 11) is 0. The van der Waals surface area contributed by atoms with Crippen molar-refractivity contribution in [3.05, 3.63) is 29.8 Å². The van der Waals surface area contributed by atoms with Crippen molar-refractivity contribution in [3.8, 4) is 0 Å². The van der Waals surface area contributed by atoms with Crippen LogP contribution < -0.4 is 16.0 Å². The van der Waals surface area contributed by atoms with Gasteiger partial charge in [-0.05, 0) is 42.9 Å². The van der Waals surface area contributed by atoms with Gasteiger partial charge in [-0.3, -0.25) is 4.79 Å². The van der Waals surface area contributed by atoms with Crippen LogP contribution in [0.1, 0.15) is 68.6 Å². The van der Waals surface area contributed by atoms with Gasteiger partial charge < -0.3 is 21.1 Å². The molecule has 30 heavy (non-hydrogen) atoms. The highest BCUT2D eigenvalue weighted by atomic mass is 35.6. The Morgan fingerprint density at radius 2 is 1.57 bits per heavy atom. The zero-order valence-electron chi connectivity index (χ0n) is 16.8. The molecule has 1 atom stereocenters. The summed E-state index contributed by atoms with van der Waals surface area (Å²) in [5.74, 6) is -1.26. The number of carbonyl (C=O) groups excluding carboxylic acids is 1. The van der Waals surface area contributed by atoms with Gasteiger partial charge in [-0.2, -0.15) is 0 Å². The molecule has 0 aromatic heterocycles. The molecule has 0 saturated heterocycles. The molecule has 6 nitrogen and oxygen atoms in total. The summed E-state index contributed by atoms with van der Waals surface area (Å²) in [6.45, 7) is 2.18. The summed E-state index contributed by atoms with van der Waals surface area (Å²) in [6.07, 6.45) is 7.02. The summed E-state index contributed by atoms with van der Waals surface area (Å²) < 4.78 is -1.82. The fraction of sp³-hybridized carbons (Fsp3) is 0.550. The molecule has 1 aromatic carbocycles. The number of unbranched alkanes of at least 4 members (excludes halogenated alkanes) is 6. The molecule has 4 N–H and O–H groups in total. The Morgan fingerprint density at radius 3 is 2.10 bits per heavy atom. The molecule has 0 aliphatic heterocycles. The van der Waals surface area contributed by atoms with E-state index in [0.29, 0.717) is 12.1 Å². The molecule has 1 amide bonds. The van der Waals surface area contributed by atoms with Gasteiger partial charge in [-0.25, -0.2) is 4.79 Å². The molecule has 1 aromatic rings. The minimum Gasteiger partial charge on any atom is -0.478 e. The van der Waals surface area contributed by atoms with Gasteiger partial charge in [0.05, 0.1) is 5.56 Å². The Labute approximate surface area is 198 Å². The number of carboxylic acid groups (broad SMARTS) is 1. The van der Waals surface area contributed by atoms with Crippen molar-refractivity contribution < 1.29 is 14.7 Å². The molecular formula is C20H28Cl3N3O3S. The number of carbonyl (C=O) groups is 2. The standard InChI is InChI=1S/C20H28Cl3N3O3S/c1-2-3-4-5-6-7-8-9-16(27)25-18(20(21,22)23)26-19(30)24-15-12-10-14(11-13-15)17(28)29/h10-13,18H,2-9H2,1H3,(H,25,27)(H,28,29)(H2,24,26,30)/t18-/m1/s1. The number of hydrogen-bond acceptors (Lipinski definition) is 3. The van der Waals surface area contributed by atoms with Gasteiger partial charge in [0.2, 0.25) is 9.70 Å². The lowest BCUT2D eigenvalue weighted by atomic mass is 10.1. The monoisotopic (exact) mass is 495 g/mol. The number of alkyl halides is 3. The first-order valence-electron chi connectivity index (χ1n) is 9.90. The molecule has 0 bridgehead atoms.